The van der Waals surface area contributed by atoms with Gasteiger partial charge in [0.1, 0.15) is 17.4 Å². The Morgan fingerprint density at radius 2 is 1.89 bits per heavy atom. The summed E-state index contributed by atoms with van der Waals surface area (Å²) in [6, 6.07) is 9.67. The molecule has 0 saturated heterocycles. The van der Waals surface area contributed by atoms with Gasteiger partial charge in [-0.1, -0.05) is 18.2 Å². The van der Waals surface area contributed by atoms with Crippen LogP contribution < -0.4 is 0 Å². The minimum Gasteiger partial charge on any atom is -0.507 e. The van der Waals surface area contributed by atoms with Gasteiger partial charge in [-0.3, -0.25) is 4.99 Å². The minimum atomic E-state index is -0.623. The van der Waals surface area contributed by atoms with E-state index in [0.29, 0.717) is 11.1 Å². The van der Waals surface area contributed by atoms with E-state index in [-0.39, 0.29) is 5.75 Å². The Morgan fingerprint density at radius 1 is 1.16 bits per heavy atom. The van der Waals surface area contributed by atoms with E-state index in [1.807, 2.05) is 0 Å². The molecule has 4 heteroatoms. The Morgan fingerprint density at radius 3 is 2.58 bits per heavy atom. The summed E-state index contributed by atoms with van der Waals surface area (Å²) in [4.78, 5) is 4.17. The molecule has 19 heavy (non-hydrogen) atoms. The van der Waals surface area contributed by atoms with Crippen molar-refractivity contribution in [1.29, 1.82) is 0 Å². The lowest BCUT2D eigenvalue weighted by molar-refractivity contribution is 0.474. The first-order chi connectivity index (χ1) is 9.08. The molecule has 2 aromatic carbocycles. The predicted octanol–water partition coefficient (Wildman–Crippen LogP) is 3.85. The van der Waals surface area contributed by atoms with E-state index in [2.05, 4.69) is 4.99 Å². The van der Waals surface area contributed by atoms with E-state index in [0.717, 1.165) is 6.07 Å². The van der Waals surface area contributed by atoms with Crippen molar-refractivity contribution in [3.8, 4) is 5.75 Å². The highest BCUT2D eigenvalue weighted by Crippen LogP contribution is 2.21. The maximum Gasteiger partial charge on any atom is 0.131 e. The summed E-state index contributed by atoms with van der Waals surface area (Å²) in [5.74, 6) is -1.13. The van der Waals surface area contributed by atoms with Crippen molar-refractivity contribution in [1.82, 2.24) is 0 Å². The van der Waals surface area contributed by atoms with E-state index in [4.69, 9.17) is 0 Å². The van der Waals surface area contributed by atoms with Gasteiger partial charge in [0.25, 0.3) is 0 Å². The predicted molar refractivity (Wildman–Crippen MR) is 70.5 cm³/mol. The van der Waals surface area contributed by atoms with Crippen LogP contribution in [0.25, 0.3) is 0 Å². The first kappa shape index (κ1) is 13.2. The number of phenols is 1. The quantitative estimate of drug-likeness (QED) is 0.836. The Balaban J connectivity index is 2.21. The fourth-order valence-corrected chi connectivity index (χ4v) is 1.71. The highest BCUT2D eigenvalue weighted by Gasteiger charge is 2.10. The number of nitrogens with zero attached hydrogens (tertiary/aromatic N) is 1. The molecule has 0 amide bonds. The SMILES string of the molecule is C[C@H](N=Cc1ccccc1O)c1ccc(F)cc1F. The zero-order valence-corrected chi connectivity index (χ0v) is 10.3. The first-order valence-electron chi connectivity index (χ1n) is 5.84. The van der Waals surface area contributed by atoms with Crippen molar-refractivity contribution in [2.45, 2.75) is 13.0 Å². The number of halogens is 2. The molecule has 98 valence electrons. The van der Waals surface area contributed by atoms with Crippen molar-refractivity contribution >= 4 is 6.21 Å². The number of aromatic hydroxyl groups is 1. The average molecular weight is 261 g/mol. The van der Waals surface area contributed by atoms with Gasteiger partial charge in [-0.2, -0.15) is 0 Å². The molecule has 1 N–H and O–H groups in total. The fraction of sp³-hybridized carbons (Fsp3) is 0.133. The third kappa shape index (κ3) is 3.16. The average Bonchev–Trinajstić information content (AvgIpc) is 2.37. The molecule has 0 heterocycles. The molecule has 2 rings (SSSR count). The van der Waals surface area contributed by atoms with E-state index < -0.39 is 17.7 Å². The Labute approximate surface area is 110 Å². The minimum absolute atomic E-state index is 0.109. The van der Waals surface area contributed by atoms with Crippen LogP contribution in [0, 0.1) is 11.6 Å². The smallest absolute Gasteiger partial charge is 0.131 e. The molecule has 0 radical (unpaired) electrons. The highest BCUT2D eigenvalue weighted by atomic mass is 19.1. The van der Waals surface area contributed by atoms with Gasteiger partial charge in [-0.15, -0.1) is 0 Å². The Kier molecular flexibility index (Phi) is 3.90. The van der Waals surface area contributed by atoms with Crippen LogP contribution in [-0.4, -0.2) is 11.3 Å². The number of hydrogen-bond acceptors (Lipinski definition) is 2. The Hall–Kier alpha value is -2.23. The zero-order valence-electron chi connectivity index (χ0n) is 10.3. The molecule has 0 unspecified atom stereocenters. The van der Waals surface area contributed by atoms with Gasteiger partial charge in [0.05, 0.1) is 6.04 Å². The summed E-state index contributed by atoms with van der Waals surface area (Å²) >= 11 is 0. The van der Waals surface area contributed by atoms with Gasteiger partial charge in [0.15, 0.2) is 0 Å². The largest absolute Gasteiger partial charge is 0.507 e. The van der Waals surface area contributed by atoms with Gasteiger partial charge in [-0.25, -0.2) is 8.78 Å². The van der Waals surface area contributed by atoms with Crippen LogP contribution in [0.15, 0.2) is 47.5 Å². The Bertz CT molecular complexity index is 611. The molecule has 0 spiro atoms. The van der Waals surface area contributed by atoms with Crippen molar-refractivity contribution in [2.75, 3.05) is 0 Å². The van der Waals surface area contributed by atoms with Crippen LogP contribution in [0.4, 0.5) is 8.78 Å². The second kappa shape index (κ2) is 5.61. The fourth-order valence-electron chi connectivity index (χ4n) is 1.71. The third-order valence-electron chi connectivity index (χ3n) is 2.79. The highest BCUT2D eigenvalue weighted by molar-refractivity contribution is 5.83. The van der Waals surface area contributed by atoms with E-state index >= 15 is 0 Å². The number of rotatable bonds is 3. The first-order valence-corrected chi connectivity index (χ1v) is 5.84. The maximum absolute atomic E-state index is 13.5. The lowest BCUT2D eigenvalue weighted by Gasteiger charge is -2.08. The van der Waals surface area contributed by atoms with Crippen molar-refractivity contribution in [3.63, 3.8) is 0 Å². The second-order valence-corrected chi connectivity index (χ2v) is 4.18. The number of hydrogen-bond donors (Lipinski definition) is 1. The normalized spacial score (nSPS) is 12.8. The van der Waals surface area contributed by atoms with Gasteiger partial charge in [-0.05, 0) is 25.1 Å². The van der Waals surface area contributed by atoms with E-state index in [1.54, 1.807) is 31.2 Å². The topological polar surface area (TPSA) is 32.6 Å². The molecule has 2 aromatic rings. The molecule has 2 nitrogen and oxygen atoms in total. The van der Waals surface area contributed by atoms with Crippen LogP contribution in [0.2, 0.25) is 0 Å². The van der Waals surface area contributed by atoms with E-state index in [1.165, 1.54) is 18.3 Å². The van der Waals surface area contributed by atoms with E-state index in [9.17, 15) is 13.9 Å². The molecule has 1 atom stereocenters. The van der Waals surface area contributed by atoms with Crippen LogP contribution in [0.1, 0.15) is 24.1 Å². The molecule has 0 aliphatic rings. The van der Waals surface area contributed by atoms with Crippen molar-refractivity contribution in [2.24, 2.45) is 4.99 Å². The number of para-hydroxylation sites is 1. The summed E-state index contributed by atoms with van der Waals surface area (Å²) in [5, 5.41) is 9.57. The lowest BCUT2D eigenvalue weighted by Crippen LogP contribution is -1.96. The zero-order chi connectivity index (χ0) is 13.8. The standard InChI is InChI=1S/C15H13F2NO/c1-10(13-7-6-12(16)8-14(13)17)18-9-11-4-2-3-5-15(11)19/h2-10,19H,1H3/t10-/m0/s1. The monoisotopic (exact) mass is 261 g/mol. The third-order valence-corrected chi connectivity index (χ3v) is 2.79. The van der Waals surface area contributed by atoms with Gasteiger partial charge in [0.2, 0.25) is 0 Å². The van der Waals surface area contributed by atoms with Gasteiger partial charge in [0, 0.05) is 23.4 Å². The molecule has 0 fully saturated rings. The van der Waals surface area contributed by atoms with Gasteiger partial charge >= 0.3 is 0 Å². The van der Waals surface area contributed by atoms with Crippen molar-refractivity contribution < 1.29 is 13.9 Å². The van der Waals surface area contributed by atoms with Gasteiger partial charge < -0.3 is 5.11 Å². The number of phenolic OH excluding ortho intramolecular Hbond substituents is 1. The molecule has 0 aliphatic heterocycles. The molecule has 0 aliphatic carbocycles. The van der Waals surface area contributed by atoms with Crippen LogP contribution in [0.5, 0.6) is 5.75 Å². The lowest BCUT2D eigenvalue weighted by atomic mass is 10.1. The molecule has 0 aromatic heterocycles. The van der Waals surface area contributed by atoms with Crippen LogP contribution in [0.3, 0.4) is 0 Å². The molecule has 0 bridgehead atoms. The van der Waals surface area contributed by atoms with Crippen LogP contribution in [-0.2, 0) is 0 Å². The number of benzene rings is 2. The van der Waals surface area contributed by atoms with Crippen molar-refractivity contribution in [3.05, 3.63) is 65.2 Å². The molecule has 0 saturated carbocycles. The number of aliphatic imine (C=N–C) groups is 1. The summed E-state index contributed by atoms with van der Waals surface area (Å²) in [7, 11) is 0. The second-order valence-electron chi connectivity index (χ2n) is 4.18. The molecular weight excluding hydrogens is 248 g/mol. The summed E-state index contributed by atoms with van der Waals surface area (Å²) in [6.45, 7) is 1.70. The summed E-state index contributed by atoms with van der Waals surface area (Å²) in [6.07, 6.45) is 1.47. The van der Waals surface area contributed by atoms with Crippen LogP contribution >= 0.6 is 0 Å². The molecular formula is C15H13F2NO. The summed E-state index contributed by atoms with van der Waals surface area (Å²) in [5.41, 5.74) is 0.866. The maximum atomic E-state index is 13.5. The summed E-state index contributed by atoms with van der Waals surface area (Å²) < 4.78 is 26.3.